The van der Waals surface area contributed by atoms with Gasteiger partial charge in [0, 0.05) is 28.2 Å². The quantitative estimate of drug-likeness (QED) is 0.559. The predicted molar refractivity (Wildman–Crippen MR) is 83.5 cm³/mol. The van der Waals surface area contributed by atoms with Crippen LogP contribution in [-0.2, 0) is 0 Å². The average Bonchev–Trinajstić information content (AvgIpc) is 2.45. The van der Waals surface area contributed by atoms with Crippen LogP contribution in [0.3, 0.4) is 0 Å². The number of halogens is 2. The Hall–Kier alpha value is -1.51. The highest BCUT2D eigenvalue weighted by atomic mass is 35.5. The van der Waals surface area contributed by atoms with E-state index in [1.54, 1.807) is 0 Å². The third-order valence-electron chi connectivity index (χ3n) is 3.05. The van der Waals surface area contributed by atoms with Gasteiger partial charge in [0.25, 0.3) is 0 Å². The lowest BCUT2D eigenvalue weighted by molar-refractivity contribution is 1.19. The summed E-state index contributed by atoms with van der Waals surface area (Å²) in [5, 5.41) is 7.29. The number of fused-ring (bicyclic) bond motifs is 3. The standard InChI is InChI=1S/C15H12Cl2N2/c16-7-8-18-15-12-4-2-1-3-11(12)13-9-10(17)5-6-14(13)19-15/h1-6,9H,7-8H2,(H,18,19). The van der Waals surface area contributed by atoms with E-state index in [1.165, 1.54) is 0 Å². The summed E-state index contributed by atoms with van der Waals surface area (Å²) in [6.45, 7) is 0.692. The normalized spacial score (nSPS) is 11.1. The molecule has 0 aliphatic carbocycles. The lowest BCUT2D eigenvalue weighted by Crippen LogP contribution is -2.05. The number of aromatic nitrogens is 1. The van der Waals surface area contributed by atoms with E-state index in [0.29, 0.717) is 12.4 Å². The summed E-state index contributed by atoms with van der Waals surface area (Å²) in [6, 6.07) is 13.9. The molecule has 2 aromatic carbocycles. The number of pyridine rings is 1. The van der Waals surface area contributed by atoms with Crippen LogP contribution in [-0.4, -0.2) is 17.4 Å². The molecule has 1 heterocycles. The minimum atomic E-state index is 0.550. The summed E-state index contributed by atoms with van der Waals surface area (Å²) in [4.78, 5) is 4.65. The Kier molecular flexibility index (Phi) is 3.45. The van der Waals surface area contributed by atoms with Crippen LogP contribution in [0.1, 0.15) is 0 Å². The number of nitrogens with zero attached hydrogens (tertiary/aromatic N) is 1. The first kappa shape index (κ1) is 12.5. The lowest BCUT2D eigenvalue weighted by Gasteiger charge is -2.10. The average molecular weight is 291 g/mol. The highest BCUT2D eigenvalue weighted by molar-refractivity contribution is 6.31. The van der Waals surface area contributed by atoms with Gasteiger partial charge in [-0.05, 0) is 23.6 Å². The first-order chi connectivity index (χ1) is 9.29. The van der Waals surface area contributed by atoms with Crippen molar-refractivity contribution in [3.63, 3.8) is 0 Å². The van der Waals surface area contributed by atoms with Crippen LogP contribution >= 0.6 is 23.2 Å². The second-order valence-electron chi connectivity index (χ2n) is 4.28. The van der Waals surface area contributed by atoms with Crippen molar-refractivity contribution < 1.29 is 0 Å². The van der Waals surface area contributed by atoms with E-state index in [1.807, 2.05) is 30.3 Å². The van der Waals surface area contributed by atoms with Crippen LogP contribution in [0.4, 0.5) is 5.82 Å². The molecule has 0 saturated heterocycles. The lowest BCUT2D eigenvalue weighted by atomic mass is 10.1. The van der Waals surface area contributed by atoms with Gasteiger partial charge < -0.3 is 5.32 Å². The number of rotatable bonds is 3. The molecule has 2 nitrogen and oxygen atoms in total. The van der Waals surface area contributed by atoms with Crippen molar-refractivity contribution in [1.82, 2.24) is 4.98 Å². The number of benzene rings is 2. The van der Waals surface area contributed by atoms with Crippen LogP contribution in [0.5, 0.6) is 0 Å². The molecule has 0 radical (unpaired) electrons. The van der Waals surface area contributed by atoms with Crippen molar-refractivity contribution in [2.24, 2.45) is 0 Å². The fourth-order valence-corrected chi connectivity index (χ4v) is 2.49. The van der Waals surface area contributed by atoms with Crippen LogP contribution in [0.2, 0.25) is 5.02 Å². The SMILES string of the molecule is ClCCNc1nc2ccc(Cl)cc2c2ccccc12. The van der Waals surface area contributed by atoms with E-state index in [-0.39, 0.29) is 0 Å². The van der Waals surface area contributed by atoms with Gasteiger partial charge in [-0.25, -0.2) is 4.98 Å². The molecule has 19 heavy (non-hydrogen) atoms. The van der Waals surface area contributed by atoms with Gasteiger partial charge in [-0.1, -0.05) is 35.9 Å². The fraction of sp³-hybridized carbons (Fsp3) is 0.133. The molecule has 4 heteroatoms. The first-order valence-corrected chi connectivity index (χ1v) is 6.98. The molecule has 0 saturated carbocycles. The van der Waals surface area contributed by atoms with Gasteiger partial charge >= 0.3 is 0 Å². The number of alkyl halides is 1. The molecule has 3 aromatic rings. The zero-order valence-electron chi connectivity index (χ0n) is 10.2. The van der Waals surface area contributed by atoms with Gasteiger partial charge in [0.15, 0.2) is 0 Å². The topological polar surface area (TPSA) is 24.9 Å². The van der Waals surface area contributed by atoms with Crippen molar-refractivity contribution in [2.75, 3.05) is 17.7 Å². The Morgan fingerprint density at radius 3 is 2.58 bits per heavy atom. The van der Waals surface area contributed by atoms with E-state index >= 15 is 0 Å². The van der Waals surface area contributed by atoms with Crippen molar-refractivity contribution in [1.29, 1.82) is 0 Å². The monoisotopic (exact) mass is 290 g/mol. The molecule has 0 amide bonds. The Morgan fingerprint density at radius 2 is 1.79 bits per heavy atom. The van der Waals surface area contributed by atoms with Crippen molar-refractivity contribution in [3.05, 3.63) is 47.5 Å². The summed E-state index contributed by atoms with van der Waals surface area (Å²) >= 11 is 11.8. The van der Waals surface area contributed by atoms with E-state index in [4.69, 9.17) is 23.2 Å². The Morgan fingerprint density at radius 1 is 1.00 bits per heavy atom. The van der Waals surface area contributed by atoms with Crippen molar-refractivity contribution in [3.8, 4) is 0 Å². The second-order valence-corrected chi connectivity index (χ2v) is 5.10. The summed E-state index contributed by atoms with van der Waals surface area (Å²) in [5.74, 6) is 1.42. The third-order valence-corrected chi connectivity index (χ3v) is 3.47. The van der Waals surface area contributed by atoms with E-state index in [0.717, 1.165) is 32.5 Å². The van der Waals surface area contributed by atoms with Crippen LogP contribution < -0.4 is 5.32 Å². The molecule has 0 aliphatic rings. The molecule has 0 fully saturated rings. The Balaban J connectivity index is 2.33. The molecule has 0 unspecified atom stereocenters. The Bertz CT molecular complexity index is 741. The minimum absolute atomic E-state index is 0.550. The number of anilines is 1. The number of hydrogen-bond donors (Lipinski definition) is 1. The maximum Gasteiger partial charge on any atom is 0.134 e. The zero-order valence-corrected chi connectivity index (χ0v) is 11.7. The van der Waals surface area contributed by atoms with E-state index in [2.05, 4.69) is 22.4 Å². The van der Waals surface area contributed by atoms with Gasteiger partial charge in [-0.2, -0.15) is 0 Å². The summed E-state index contributed by atoms with van der Waals surface area (Å²) in [5.41, 5.74) is 0.931. The number of hydrogen-bond acceptors (Lipinski definition) is 2. The summed E-state index contributed by atoms with van der Waals surface area (Å²) in [6.07, 6.45) is 0. The smallest absolute Gasteiger partial charge is 0.134 e. The van der Waals surface area contributed by atoms with Gasteiger partial charge in [-0.3, -0.25) is 0 Å². The summed E-state index contributed by atoms with van der Waals surface area (Å²) < 4.78 is 0. The van der Waals surface area contributed by atoms with Gasteiger partial charge in [0.2, 0.25) is 0 Å². The number of nitrogens with one attached hydrogen (secondary N) is 1. The van der Waals surface area contributed by atoms with Crippen LogP contribution in [0.15, 0.2) is 42.5 Å². The molecule has 1 aromatic heterocycles. The highest BCUT2D eigenvalue weighted by Crippen LogP contribution is 2.30. The van der Waals surface area contributed by atoms with E-state index in [9.17, 15) is 0 Å². The molecular formula is C15H12Cl2N2. The van der Waals surface area contributed by atoms with Gasteiger partial charge in [0.05, 0.1) is 5.52 Å². The molecule has 3 rings (SSSR count). The van der Waals surface area contributed by atoms with Gasteiger partial charge in [-0.15, -0.1) is 11.6 Å². The molecule has 1 N–H and O–H groups in total. The second kappa shape index (κ2) is 5.24. The third kappa shape index (κ3) is 2.34. The Labute approximate surface area is 121 Å². The van der Waals surface area contributed by atoms with E-state index < -0.39 is 0 Å². The van der Waals surface area contributed by atoms with Gasteiger partial charge in [0.1, 0.15) is 5.82 Å². The predicted octanol–water partition coefficient (Wildman–Crippen LogP) is 4.69. The summed E-state index contributed by atoms with van der Waals surface area (Å²) in [7, 11) is 0. The molecule has 0 atom stereocenters. The largest absolute Gasteiger partial charge is 0.368 e. The van der Waals surface area contributed by atoms with Crippen molar-refractivity contribution >= 4 is 50.7 Å². The fourth-order valence-electron chi connectivity index (χ4n) is 2.23. The zero-order chi connectivity index (χ0) is 13.2. The highest BCUT2D eigenvalue weighted by Gasteiger charge is 2.07. The maximum atomic E-state index is 6.08. The molecule has 96 valence electrons. The van der Waals surface area contributed by atoms with Crippen LogP contribution in [0, 0.1) is 0 Å². The first-order valence-electron chi connectivity index (χ1n) is 6.07. The minimum Gasteiger partial charge on any atom is -0.368 e. The molecular weight excluding hydrogens is 279 g/mol. The van der Waals surface area contributed by atoms with Crippen LogP contribution in [0.25, 0.3) is 21.7 Å². The molecule has 0 spiro atoms. The molecule has 0 aliphatic heterocycles. The van der Waals surface area contributed by atoms with Crippen molar-refractivity contribution in [2.45, 2.75) is 0 Å². The molecule has 0 bridgehead atoms. The maximum absolute atomic E-state index is 6.08.